The highest BCUT2D eigenvalue weighted by molar-refractivity contribution is 5.76. The zero-order valence-corrected chi connectivity index (χ0v) is 9.81. The molecule has 0 fully saturated rings. The van der Waals surface area contributed by atoms with Crippen LogP contribution in [0.5, 0.6) is 0 Å². The van der Waals surface area contributed by atoms with E-state index in [1.807, 2.05) is 18.9 Å². The van der Waals surface area contributed by atoms with Gasteiger partial charge < -0.3 is 10.2 Å². The van der Waals surface area contributed by atoms with Gasteiger partial charge in [0.2, 0.25) is 5.91 Å². The van der Waals surface area contributed by atoms with Crippen LogP contribution in [0.2, 0.25) is 0 Å². The van der Waals surface area contributed by atoms with Crippen molar-refractivity contribution in [2.75, 3.05) is 26.7 Å². The average Bonchev–Trinajstić information content (AvgIpc) is 2.19. The van der Waals surface area contributed by atoms with Gasteiger partial charge >= 0.3 is 0 Å². The number of carbonyl (C=O) groups excluding carboxylic acids is 1. The summed E-state index contributed by atoms with van der Waals surface area (Å²) in [5.41, 5.74) is 0. The first-order valence-electron chi connectivity index (χ1n) is 5.68. The molecule has 0 radical (unpaired) electrons. The number of unbranched alkanes of at least 4 members (excludes halogenated alkanes) is 1. The third kappa shape index (κ3) is 5.97. The first kappa shape index (κ1) is 13.4. The Balaban J connectivity index is 3.67. The molecule has 0 aromatic carbocycles. The van der Waals surface area contributed by atoms with Crippen LogP contribution >= 0.6 is 0 Å². The maximum Gasteiger partial charge on any atom is 0.222 e. The Kier molecular flexibility index (Phi) is 8.64. The van der Waals surface area contributed by atoms with E-state index in [1.165, 1.54) is 0 Å². The highest BCUT2D eigenvalue weighted by Crippen LogP contribution is 2.00. The fourth-order valence-corrected chi connectivity index (χ4v) is 1.38. The van der Waals surface area contributed by atoms with E-state index in [9.17, 15) is 4.79 Å². The molecule has 0 atom stereocenters. The lowest BCUT2D eigenvalue weighted by Crippen LogP contribution is -2.32. The number of amides is 1. The van der Waals surface area contributed by atoms with Crippen LogP contribution in [0.4, 0.5) is 0 Å². The van der Waals surface area contributed by atoms with Gasteiger partial charge in [0.15, 0.2) is 0 Å². The second-order valence-electron chi connectivity index (χ2n) is 3.53. The third-order valence-corrected chi connectivity index (χ3v) is 2.33. The molecule has 0 rings (SSSR count). The average molecular weight is 200 g/mol. The number of hydrogen-bond donors (Lipinski definition) is 1. The Hall–Kier alpha value is -0.570. The molecule has 0 unspecified atom stereocenters. The molecule has 0 aliphatic heterocycles. The normalized spacial score (nSPS) is 10.2. The molecule has 0 aliphatic carbocycles. The van der Waals surface area contributed by atoms with Crippen molar-refractivity contribution >= 4 is 5.91 Å². The summed E-state index contributed by atoms with van der Waals surface area (Å²) in [6.07, 6.45) is 3.89. The summed E-state index contributed by atoms with van der Waals surface area (Å²) in [4.78, 5) is 13.6. The molecule has 0 saturated carbocycles. The molecule has 14 heavy (non-hydrogen) atoms. The summed E-state index contributed by atoms with van der Waals surface area (Å²) in [6.45, 7) is 6.89. The maximum atomic E-state index is 11.7. The summed E-state index contributed by atoms with van der Waals surface area (Å²) in [5.74, 6) is 0.302. The highest BCUT2D eigenvalue weighted by atomic mass is 16.2. The van der Waals surface area contributed by atoms with Gasteiger partial charge in [-0.25, -0.2) is 0 Å². The van der Waals surface area contributed by atoms with E-state index >= 15 is 0 Å². The second kappa shape index (κ2) is 9.00. The van der Waals surface area contributed by atoms with Crippen molar-refractivity contribution in [3.63, 3.8) is 0 Å². The van der Waals surface area contributed by atoms with E-state index < -0.39 is 0 Å². The molecule has 0 bridgehead atoms. The summed E-state index contributed by atoms with van der Waals surface area (Å²) >= 11 is 0. The van der Waals surface area contributed by atoms with E-state index in [2.05, 4.69) is 12.2 Å². The van der Waals surface area contributed by atoms with Crippen LogP contribution in [-0.4, -0.2) is 37.5 Å². The smallest absolute Gasteiger partial charge is 0.222 e. The maximum absolute atomic E-state index is 11.7. The number of rotatable bonds is 8. The topological polar surface area (TPSA) is 32.3 Å². The van der Waals surface area contributed by atoms with E-state index in [0.29, 0.717) is 12.3 Å². The lowest BCUT2D eigenvalue weighted by atomic mass is 10.2. The molecule has 0 aromatic rings. The zero-order valence-electron chi connectivity index (χ0n) is 9.81. The number of nitrogens with one attached hydrogen (secondary N) is 1. The van der Waals surface area contributed by atoms with Crippen molar-refractivity contribution in [1.29, 1.82) is 0 Å². The van der Waals surface area contributed by atoms with Crippen LogP contribution in [0, 0.1) is 0 Å². The van der Waals surface area contributed by atoms with Crippen molar-refractivity contribution < 1.29 is 4.79 Å². The van der Waals surface area contributed by atoms with E-state index in [1.54, 1.807) is 0 Å². The van der Waals surface area contributed by atoms with Gasteiger partial charge in [-0.2, -0.15) is 0 Å². The van der Waals surface area contributed by atoms with Crippen LogP contribution in [0.3, 0.4) is 0 Å². The molecular formula is C11H24N2O. The molecule has 3 nitrogen and oxygen atoms in total. The largest absolute Gasteiger partial charge is 0.343 e. The fraction of sp³-hybridized carbons (Fsp3) is 0.909. The van der Waals surface area contributed by atoms with Crippen molar-refractivity contribution in [2.24, 2.45) is 0 Å². The van der Waals surface area contributed by atoms with E-state index in [-0.39, 0.29) is 0 Å². The van der Waals surface area contributed by atoms with Gasteiger partial charge in [-0.1, -0.05) is 13.3 Å². The quantitative estimate of drug-likeness (QED) is 0.604. The van der Waals surface area contributed by atoms with Crippen molar-refractivity contribution in [2.45, 2.75) is 39.5 Å². The molecule has 1 amide bonds. The molecule has 0 aliphatic rings. The third-order valence-electron chi connectivity index (χ3n) is 2.33. The van der Waals surface area contributed by atoms with Gasteiger partial charge in [0.05, 0.1) is 0 Å². The molecule has 1 N–H and O–H groups in total. The van der Waals surface area contributed by atoms with Crippen molar-refractivity contribution in [3.8, 4) is 0 Å². The van der Waals surface area contributed by atoms with E-state index in [0.717, 1.165) is 38.9 Å². The van der Waals surface area contributed by atoms with Gasteiger partial charge in [0, 0.05) is 19.5 Å². The minimum atomic E-state index is 0.302. The number of hydrogen-bond acceptors (Lipinski definition) is 2. The summed E-state index contributed by atoms with van der Waals surface area (Å²) in [5, 5.41) is 3.05. The Labute approximate surface area is 87.9 Å². The van der Waals surface area contributed by atoms with E-state index in [4.69, 9.17) is 0 Å². The Bertz CT molecular complexity index is 148. The fourth-order valence-electron chi connectivity index (χ4n) is 1.38. The summed E-state index contributed by atoms with van der Waals surface area (Å²) < 4.78 is 0. The molecule has 84 valence electrons. The summed E-state index contributed by atoms with van der Waals surface area (Å²) in [7, 11) is 1.92. The van der Waals surface area contributed by atoms with Gasteiger partial charge in [-0.15, -0.1) is 0 Å². The highest BCUT2D eigenvalue weighted by Gasteiger charge is 2.09. The minimum Gasteiger partial charge on any atom is -0.343 e. The van der Waals surface area contributed by atoms with Crippen molar-refractivity contribution in [3.05, 3.63) is 0 Å². The molecule has 0 saturated heterocycles. The predicted molar refractivity (Wildman–Crippen MR) is 60.3 cm³/mol. The van der Waals surface area contributed by atoms with Crippen LogP contribution in [0.1, 0.15) is 39.5 Å². The second-order valence-corrected chi connectivity index (χ2v) is 3.53. The number of carbonyl (C=O) groups is 1. The SMILES string of the molecule is CCCCN(CC)C(=O)CCCNC. The monoisotopic (exact) mass is 200 g/mol. The molecule has 0 aromatic heterocycles. The zero-order chi connectivity index (χ0) is 10.8. The van der Waals surface area contributed by atoms with Crippen LogP contribution in [0.15, 0.2) is 0 Å². The van der Waals surface area contributed by atoms with Crippen LogP contribution in [-0.2, 0) is 4.79 Å². The lowest BCUT2D eigenvalue weighted by Gasteiger charge is -2.20. The standard InChI is InChI=1S/C11H24N2O/c1-4-6-10-13(5-2)11(14)8-7-9-12-3/h12H,4-10H2,1-3H3. The Morgan fingerprint density at radius 1 is 1.29 bits per heavy atom. The predicted octanol–water partition coefficient (Wildman–Crippen LogP) is 1.63. The van der Waals surface area contributed by atoms with Gasteiger partial charge in [-0.05, 0) is 33.4 Å². The Morgan fingerprint density at radius 3 is 2.50 bits per heavy atom. The van der Waals surface area contributed by atoms with Crippen LogP contribution in [0.25, 0.3) is 0 Å². The first-order valence-corrected chi connectivity index (χ1v) is 5.68. The Morgan fingerprint density at radius 2 is 2.00 bits per heavy atom. The van der Waals surface area contributed by atoms with Crippen LogP contribution < -0.4 is 5.32 Å². The molecular weight excluding hydrogens is 176 g/mol. The molecule has 0 heterocycles. The molecule has 3 heteroatoms. The van der Waals surface area contributed by atoms with Gasteiger partial charge in [0.1, 0.15) is 0 Å². The first-order chi connectivity index (χ1) is 6.76. The van der Waals surface area contributed by atoms with Gasteiger partial charge in [0.25, 0.3) is 0 Å². The lowest BCUT2D eigenvalue weighted by molar-refractivity contribution is -0.131. The number of nitrogens with zero attached hydrogens (tertiary/aromatic N) is 1. The molecule has 0 spiro atoms. The summed E-state index contributed by atoms with van der Waals surface area (Å²) in [6, 6.07) is 0. The van der Waals surface area contributed by atoms with Crippen molar-refractivity contribution in [1.82, 2.24) is 10.2 Å². The minimum absolute atomic E-state index is 0.302. The van der Waals surface area contributed by atoms with Gasteiger partial charge in [-0.3, -0.25) is 4.79 Å².